The highest BCUT2D eigenvalue weighted by Crippen LogP contribution is 2.29. The number of carbonyl (C=O) groups is 2. The molecule has 5 heteroatoms. The van der Waals surface area contributed by atoms with E-state index < -0.39 is 0 Å². The van der Waals surface area contributed by atoms with Crippen LogP contribution in [-0.4, -0.2) is 29.8 Å². The number of ketones is 1. The third-order valence-corrected chi connectivity index (χ3v) is 6.26. The normalized spacial score (nSPS) is 14.2. The molecule has 5 rings (SSSR count). The summed E-state index contributed by atoms with van der Waals surface area (Å²) < 4.78 is 0. The van der Waals surface area contributed by atoms with Gasteiger partial charge in [0.15, 0.2) is 5.78 Å². The second-order valence-corrected chi connectivity index (χ2v) is 8.38. The van der Waals surface area contributed by atoms with Crippen molar-refractivity contribution in [1.29, 1.82) is 0 Å². The molecular weight excluding hydrogens is 410 g/mol. The van der Waals surface area contributed by atoms with Crippen LogP contribution in [0.1, 0.15) is 33.6 Å². The molecule has 1 saturated heterocycles. The fraction of sp³-hybridized carbons (Fsp3) is 0.179. The Kier molecular flexibility index (Phi) is 5.85. The van der Waals surface area contributed by atoms with Crippen molar-refractivity contribution in [3.63, 3.8) is 0 Å². The molecule has 1 fully saturated rings. The first-order valence-electron chi connectivity index (χ1n) is 11.3. The molecule has 0 atom stereocenters. The Morgan fingerprint density at radius 1 is 0.848 bits per heavy atom. The van der Waals surface area contributed by atoms with Crippen LogP contribution in [0, 0.1) is 5.92 Å². The summed E-state index contributed by atoms with van der Waals surface area (Å²) in [7, 11) is 0. The summed E-state index contributed by atoms with van der Waals surface area (Å²) >= 11 is 0. The van der Waals surface area contributed by atoms with Crippen molar-refractivity contribution in [2.45, 2.75) is 12.8 Å². The largest absolute Gasteiger partial charge is 0.371 e. The topological polar surface area (TPSA) is 62.3 Å². The molecule has 0 spiro atoms. The number of anilines is 2. The quantitative estimate of drug-likeness (QED) is 0.415. The SMILES string of the molecule is O=C(Nc1cnc2ccccc2c1)c1ccccc1N1CCC(C(=O)c2ccccc2)CC1. The number of aromatic nitrogens is 1. The summed E-state index contributed by atoms with van der Waals surface area (Å²) in [4.78, 5) is 32.6. The molecule has 0 bridgehead atoms. The predicted molar refractivity (Wildman–Crippen MR) is 132 cm³/mol. The van der Waals surface area contributed by atoms with Crippen molar-refractivity contribution in [3.05, 3.63) is 102 Å². The van der Waals surface area contributed by atoms with E-state index in [1.165, 1.54) is 0 Å². The van der Waals surface area contributed by atoms with E-state index in [0.29, 0.717) is 11.3 Å². The van der Waals surface area contributed by atoms with Crippen LogP contribution in [0.2, 0.25) is 0 Å². The van der Waals surface area contributed by atoms with Crippen LogP contribution < -0.4 is 10.2 Å². The van der Waals surface area contributed by atoms with E-state index in [9.17, 15) is 9.59 Å². The predicted octanol–water partition coefficient (Wildman–Crippen LogP) is 5.59. The molecule has 1 aliphatic heterocycles. The number of Topliss-reactive ketones (excluding diaryl/α,β-unsaturated/α-hetero) is 1. The number of nitrogens with one attached hydrogen (secondary N) is 1. The number of fused-ring (bicyclic) bond motifs is 1. The van der Waals surface area contributed by atoms with E-state index in [4.69, 9.17) is 0 Å². The van der Waals surface area contributed by atoms with Crippen molar-refractivity contribution in [1.82, 2.24) is 4.98 Å². The van der Waals surface area contributed by atoms with Gasteiger partial charge in [-0.25, -0.2) is 0 Å². The number of rotatable bonds is 5. The Bertz CT molecular complexity index is 1290. The molecule has 4 aromatic rings. The molecule has 0 aliphatic carbocycles. The van der Waals surface area contributed by atoms with Gasteiger partial charge < -0.3 is 10.2 Å². The van der Waals surface area contributed by atoms with Crippen LogP contribution in [0.15, 0.2) is 91.1 Å². The maximum Gasteiger partial charge on any atom is 0.257 e. The molecule has 1 aliphatic rings. The van der Waals surface area contributed by atoms with Crippen molar-refractivity contribution in [2.75, 3.05) is 23.3 Å². The molecule has 1 N–H and O–H groups in total. The maximum atomic E-state index is 13.2. The second-order valence-electron chi connectivity index (χ2n) is 8.38. The summed E-state index contributed by atoms with van der Waals surface area (Å²) in [6.45, 7) is 1.48. The maximum absolute atomic E-state index is 13.2. The lowest BCUT2D eigenvalue weighted by Gasteiger charge is -2.34. The first-order valence-corrected chi connectivity index (χ1v) is 11.3. The number of pyridine rings is 1. The van der Waals surface area contributed by atoms with Crippen molar-refractivity contribution < 1.29 is 9.59 Å². The summed E-state index contributed by atoms with van der Waals surface area (Å²) in [6, 6.07) is 26.9. The Morgan fingerprint density at radius 3 is 2.36 bits per heavy atom. The van der Waals surface area contributed by atoms with Gasteiger partial charge in [-0.2, -0.15) is 0 Å². The van der Waals surface area contributed by atoms with Crippen molar-refractivity contribution >= 4 is 34.0 Å². The molecule has 0 radical (unpaired) electrons. The number of amides is 1. The smallest absolute Gasteiger partial charge is 0.257 e. The fourth-order valence-electron chi connectivity index (χ4n) is 4.50. The monoisotopic (exact) mass is 435 g/mol. The molecule has 0 saturated carbocycles. The zero-order valence-electron chi connectivity index (χ0n) is 18.3. The van der Waals surface area contributed by atoms with Gasteiger partial charge in [-0.1, -0.05) is 60.7 Å². The summed E-state index contributed by atoms with van der Waals surface area (Å²) in [5.74, 6) is 0.0727. The number of piperidine rings is 1. The lowest BCUT2D eigenvalue weighted by Crippen LogP contribution is -2.37. The highest BCUT2D eigenvalue weighted by molar-refractivity contribution is 6.08. The van der Waals surface area contributed by atoms with Gasteiger partial charge >= 0.3 is 0 Å². The summed E-state index contributed by atoms with van der Waals surface area (Å²) in [5, 5.41) is 3.98. The van der Waals surface area contributed by atoms with Gasteiger partial charge in [-0.3, -0.25) is 14.6 Å². The van der Waals surface area contributed by atoms with Gasteiger partial charge in [-0.15, -0.1) is 0 Å². The standard InChI is InChI=1S/C28H25N3O2/c32-27(20-8-2-1-3-9-20)21-14-16-31(17-15-21)26-13-7-5-11-24(26)28(33)30-23-18-22-10-4-6-12-25(22)29-19-23/h1-13,18-19,21H,14-17H2,(H,30,33). The van der Waals surface area contributed by atoms with Crippen LogP contribution in [0.3, 0.4) is 0 Å². The number of carbonyl (C=O) groups excluding carboxylic acids is 2. The molecule has 164 valence electrons. The lowest BCUT2D eigenvalue weighted by molar-refractivity contribution is 0.0899. The number of hydrogen-bond acceptors (Lipinski definition) is 4. The van der Waals surface area contributed by atoms with Crippen molar-refractivity contribution in [3.8, 4) is 0 Å². The van der Waals surface area contributed by atoms with E-state index in [-0.39, 0.29) is 17.6 Å². The number of para-hydroxylation sites is 2. The van der Waals surface area contributed by atoms with Gasteiger partial charge in [0.05, 0.1) is 23.0 Å². The van der Waals surface area contributed by atoms with E-state index in [0.717, 1.165) is 48.1 Å². The van der Waals surface area contributed by atoms with E-state index in [2.05, 4.69) is 15.2 Å². The first kappa shape index (κ1) is 20.9. The summed E-state index contributed by atoms with van der Waals surface area (Å²) in [6.07, 6.45) is 3.24. The number of hydrogen-bond donors (Lipinski definition) is 1. The van der Waals surface area contributed by atoms with E-state index >= 15 is 0 Å². The molecule has 33 heavy (non-hydrogen) atoms. The molecule has 1 aromatic heterocycles. The molecular formula is C28H25N3O2. The Labute approximate surface area is 193 Å². The Hall–Kier alpha value is -3.99. The zero-order chi connectivity index (χ0) is 22.6. The zero-order valence-corrected chi connectivity index (χ0v) is 18.3. The summed E-state index contributed by atoms with van der Waals surface area (Å²) in [5.41, 5.74) is 3.86. The average Bonchev–Trinajstić information content (AvgIpc) is 2.89. The van der Waals surface area contributed by atoms with Gasteiger partial charge in [-0.05, 0) is 37.1 Å². The van der Waals surface area contributed by atoms with Crippen molar-refractivity contribution in [2.24, 2.45) is 5.92 Å². The van der Waals surface area contributed by atoms with Crippen LogP contribution >= 0.6 is 0 Å². The second kappa shape index (κ2) is 9.25. The highest BCUT2D eigenvalue weighted by atomic mass is 16.1. The number of benzene rings is 3. The molecule has 3 aromatic carbocycles. The van der Waals surface area contributed by atoms with Gasteiger partial charge in [0, 0.05) is 35.6 Å². The van der Waals surface area contributed by atoms with Gasteiger partial charge in [0.1, 0.15) is 0 Å². The molecule has 1 amide bonds. The number of nitrogens with zero attached hydrogens (tertiary/aromatic N) is 2. The molecule has 0 unspecified atom stereocenters. The minimum absolute atomic E-state index is 0.0216. The lowest BCUT2D eigenvalue weighted by atomic mass is 9.88. The Morgan fingerprint density at radius 2 is 1.55 bits per heavy atom. The molecule has 2 heterocycles. The first-order chi connectivity index (χ1) is 16.2. The van der Waals surface area contributed by atoms with E-state index in [1.807, 2.05) is 84.9 Å². The van der Waals surface area contributed by atoms with Crippen LogP contribution in [0.4, 0.5) is 11.4 Å². The van der Waals surface area contributed by atoms with E-state index in [1.54, 1.807) is 6.20 Å². The minimum atomic E-state index is -0.162. The van der Waals surface area contributed by atoms with Crippen LogP contribution in [0.5, 0.6) is 0 Å². The Balaban J connectivity index is 1.29. The average molecular weight is 436 g/mol. The third-order valence-electron chi connectivity index (χ3n) is 6.26. The van der Waals surface area contributed by atoms with Gasteiger partial charge in [0.25, 0.3) is 5.91 Å². The third kappa shape index (κ3) is 4.48. The highest BCUT2D eigenvalue weighted by Gasteiger charge is 2.27. The minimum Gasteiger partial charge on any atom is -0.371 e. The molecule has 5 nitrogen and oxygen atoms in total. The van der Waals surface area contributed by atoms with Crippen LogP contribution in [0.25, 0.3) is 10.9 Å². The fourth-order valence-corrected chi connectivity index (χ4v) is 4.50. The van der Waals surface area contributed by atoms with Crippen LogP contribution in [-0.2, 0) is 0 Å². The van der Waals surface area contributed by atoms with Gasteiger partial charge in [0.2, 0.25) is 0 Å².